The average Bonchev–Trinajstić information content (AvgIpc) is 2.51. The van der Waals surface area contributed by atoms with Gasteiger partial charge in [-0.05, 0) is 34.1 Å². The van der Waals surface area contributed by atoms with Crippen LogP contribution < -0.4 is 5.32 Å². The van der Waals surface area contributed by atoms with E-state index in [0.29, 0.717) is 0 Å². The van der Waals surface area contributed by atoms with E-state index in [2.05, 4.69) is 43.3 Å². The molecule has 0 unspecified atom stereocenters. The Kier molecular flexibility index (Phi) is 4.40. The van der Waals surface area contributed by atoms with E-state index in [-0.39, 0.29) is 6.10 Å². The van der Waals surface area contributed by atoms with Crippen LogP contribution in [0.4, 0.5) is 0 Å². The molecule has 104 valence electrons. The number of hydrogen-bond donors (Lipinski definition) is 1. The first kappa shape index (κ1) is 13.7. The van der Waals surface area contributed by atoms with Crippen LogP contribution in [0.25, 0.3) is 0 Å². The van der Waals surface area contributed by atoms with Crippen molar-refractivity contribution < 1.29 is 4.74 Å². The van der Waals surface area contributed by atoms with Gasteiger partial charge in [-0.2, -0.15) is 0 Å². The lowest BCUT2D eigenvalue weighted by Crippen LogP contribution is -2.33. The second kappa shape index (κ2) is 6.43. The van der Waals surface area contributed by atoms with Crippen molar-refractivity contribution in [3.05, 3.63) is 58.1 Å². The molecule has 0 radical (unpaired) electrons. The van der Waals surface area contributed by atoms with Crippen LogP contribution in [-0.2, 0) is 11.2 Å². The largest absolute Gasteiger partial charge is 0.371 e. The highest BCUT2D eigenvalue weighted by Crippen LogP contribution is 2.18. The number of nitrogens with zero attached hydrogens (tertiary/aromatic N) is 2. The monoisotopic (exact) mass is 333 g/mol. The van der Waals surface area contributed by atoms with Gasteiger partial charge in [-0.1, -0.05) is 6.07 Å². The molecule has 1 aliphatic heterocycles. The summed E-state index contributed by atoms with van der Waals surface area (Å²) >= 11 is 3.39. The number of halogens is 1. The van der Waals surface area contributed by atoms with Gasteiger partial charge in [0.05, 0.1) is 12.7 Å². The van der Waals surface area contributed by atoms with Gasteiger partial charge < -0.3 is 10.1 Å². The number of pyridine rings is 2. The molecule has 1 N–H and O–H groups in total. The van der Waals surface area contributed by atoms with E-state index in [4.69, 9.17) is 4.74 Å². The summed E-state index contributed by atoms with van der Waals surface area (Å²) in [6.45, 7) is 2.54. The molecule has 3 rings (SSSR count). The van der Waals surface area contributed by atoms with Gasteiger partial charge in [-0.25, -0.2) is 0 Å². The minimum Gasteiger partial charge on any atom is -0.371 e. The molecule has 20 heavy (non-hydrogen) atoms. The fourth-order valence-corrected chi connectivity index (χ4v) is 2.44. The molecular formula is C15H16BrN3O. The van der Waals surface area contributed by atoms with E-state index in [1.807, 2.05) is 24.5 Å². The van der Waals surface area contributed by atoms with Gasteiger partial charge in [-0.3, -0.25) is 9.97 Å². The van der Waals surface area contributed by atoms with Crippen molar-refractivity contribution in [2.45, 2.75) is 12.5 Å². The zero-order valence-electron chi connectivity index (χ0n) is 11.1. The first-order valence-corrected chi connectivity index (χ1v) is 7.48. The molecule has 5 heteroatoms. The molecule has 0 aliphatic carbocycles. The summed E-state index contributed by atoms with van der Waals surface area (Å²) in [5.74, 6) is 0. The molecule has 2 aromatic rings. The number of aromatic nitrogens is 2. The summed E-state index contributed by atoms with van der Waals surface area (Å²) in [7, 11) is 0. The topological polar surface area (TPSA) is 47.0 Å². The maximum atomic E-state index is 5.72. The number of ether oxygens (including phenoxy) is 1. The summed E-state index contributed by atoms with van der Waals surface area (Å²) < 4.78 is 6.71. The Balaban J connectivity index is 1.67. The van der Waals surface area contributed by atoms with Crippen molar-refractivity contribution in [1.82, 2.24) is 15.3 Å². The second-order valence-electron chi connectivity index (χ2n) is 4.79. The van der Waals surface area contributed by atoms with E-state index in [1.54, 1.807) is 0 Å². The molecule has 3 heterocycles. The fraction of sp³-hybridized carbons (Fsp3) is 0.333. The summed E-state index contributed by atoms with van der Waals surface area (Å²) in [5, 5.41) is 3.33. The molecule has 2 aromatic heterocycles. The van der Waals surface area contributed by atoms with E-state index in [9.17, 15) is 0 Å². The number of nitrogens with one attached hydrogen (secondary N) is 1. The van der Waals surface area contributed by atoms with Gasteiger partial charge in [-0.15, -0.1) is 0 Å². The predicted molar refractivity (Wildman–Crippen MR) is 80.5 cm³/mol. The minimum atomic E-state index is 0.121. The Hall–Kier alpha value is -1.30. The van der Waals surface area contributed by atoms with Crippen molar-refractivity contribution in [1.29, 1.82) is 0 Å². The van der Waals surface area contributed by atoms with Crippen LogP contribution in [0.1, 0.15) is 23.1 Å². The highest BCUT2D eigenvalue weighted by molar-refractivity contribution is 9.10. The Morgan fingerprint density at radius 1 is 1.15 bits per heavy atom. The number of morpholine rings is 1. The standard InChI is InChI=1S/C15H16BrN3O/c16-12-2-4-14(19-9-12)7-13-3-1-11(8-18-13)15-10-17-5-6-20-15/h1-4,8-9,15,17H,5-7,10H2/t15-/m1/s1. The highest BCUT2D eigenvalue weighted by atomic mass is 79.9. The molecule has 0 aromatic carbocycles. The van der Waals surface area contributed by atoms with Gasteiger partial charge in [0.25, 0.3) is 0 Å². The second-order valence-corrected chi connectivity index (χ2v) is 5.71. The summed E-state index contributed by atoms with van der Waals surface area (Å²) in [4.78, 5) is 8.88. The molecule has 4 nitrogen and oxygen atoms in total. The summed E-state index contributed by atoms with van der Waals surface area (Å²) in [6, 6.07) is 8.15. The number of hydrogen-bond acceptors (Lipinski definition) is 4. The Morgan fingerprint density at radius 2 is 1.95 bits per heavy atom. The molecule has 0 bridgehead atoms. The predicted octanol–water partition coefficient (Wildman–Crippen LogP) is 2.49. The zero-order valence-corrected chi connectivity index (χ0v) is 12.6. The Bertz CT molecular complexity index is 550. The van der Waals surface area contributed by atoms with Crippen LogP contribution in [0.3, 0.4) is 0 Å². The van der Waals surface area contributed by atoms with Gasteiger partial charge >= 0.3 is 0 Å². The minimum absolute atomic E-state index is 0.121. The molecule has 1 saturated heterocycles. The highest BCUT2D eigenvalue weighted by Gasteiger charge is 2.15. The lowest BCUT2D eigenvalue weighted by Gasteiger charge is -2.23. The zero-order chi connectivity index (χ0) is 13.8. The van der Waals surface area contributed by atoms with Gasteiger partial charge in [0.2, 0.25) is 0 Å². The first-order chi connectivity index (χ1) is 9.81. The van der Waals surface area contributed by atoms with Crippen LogP contribution >= 0.6 is 15.9 Å². The van der Waals surface area contributed by atoms with Gasteiger partial charge in [0, 0.05) is 53.3 Å². The van der Waals surface area contributed by atoms with Gasteiger partial charge in [0.15, 0.2) is 0 Å². The first-order valence-electron chi connectivity index (χ1n) is 6.69. The third-order valence-electron chi connectivity index (χ3n) is 3.30. The molecule has 1 atom stereocenters. The van der Waals surface area contributed by atoms with Crippen LogP contribution in [0.5, 0.6) is 0 Å². The van der Waals surface area contributed by atoms with Crippen molar-refractivity contribution >= 4 is 15.9 Å². The van der Waals surface area contributed by atoms with E-state index >= 15 is 0 Å². The molecular weight excluding hydrogens is 318 g/mol. The molecule has 0 spiro atoms. The van der Waals surface area contributed by atoms with E-state index in [0.717, 1.165) is 47.5 Å². The number of rotatable bonds is 3. The molecule has 1 aliphatic rings. The third-order valence-corrected chi connectivity index (χ3v) is 3.77. The fourth-order valence-electron chi connectivity index (χ4n) is 2.21. The lowest BCUT2D eigenvalue weighted by molar-refractivity contribution is 0.0275. The molecule has 0 amide bonds. The van der Waals surface area contributed by atoms with Crippen LogP contribution in [0.15, 0.2) is 41.1 Å². The average molecular weight is 334 g/mol. The van der Waals surface area contributed by atoms with Crippen LogP contribution in [-0.4, -0.2) is 29.7 Å². The Labute approximate surface area is 126 Å². The normalized spacial score (nSPS) is 18.9. The van der Waals surface area contributed by atoms with Gasteiger partial charge in [0.1, 0.15) is 0 Å². The third kappa shape index (κ3) is 3.42. The summed E-state index contributed by atoms with van der Waals surface area (Å²) in [5.41, 5.74) is 3.17. The van der Waals surface area contributed by atoms with E-state index < -0.39 is 0 Å². The maximum absolute atomic E-state index is 5.72. The smallest absolute Gasteiger partial charge is 0.0964 e. The molecule has 0 saturated carbocycles. The van der Waals surface area contributed by atoms with Crippen molar-refractivity contribution in [3.63, 3.8) is 0 Å². The summed E-state index contributed by atoms with van der Waals surface area (Å²) in [6.07, 6.45) is 4.59. The molecule has 1 fully saturated rings. The van der Waals surface area contributed by atoms with E-state index in [1.165, 1.54) is 0 Å². The Morgan fingerprint density at radius 3 is 2.55 bits per heavy atom. The van der Waals surface area contributed by atoms with Crippen molar-refractivity contribution in [2.24, 2.45) is 0 Å². The lowest BCUT2D eigenvalue weighted by atomic mass is 10.1. The SMILES string of the molecule is Brc1ccc(Cc2ccc([C@H]3CNCCO3)cn2)nc1. The quantitative estimate of drug-likeness (QED) is 0.937. The van der Waals surface area contributed by atoms with Crippen molar-refractivity contribution in [2.75, 3.05) is 19.7 Å². The van der Waals surface area contributed by atoms with Crippen LogP contribution in [0, 0.1) is 0 Å². The maximum Gasteiger partial charge on any atom is 0.0964 e. The van der Waals surface area contributed by atoms with Crippen molar-refractivity contribution in [3.8, 4) is 0 Å². The van der Waals surface area contributed by atoms with Crippen LogP contribution in [0.2, 0.25) is 0 Å².